The van der Waals surface area contributed by atoms with Crippen LogP contribution in [-0.4, -0.2) is 46.1 Å². The molecule has 1 fully saturated rings. The first-order chi connectivity index (χ1) is 14.7. The minimum Gasteiger partial charge on any atom is -0.454 e. The standard InChI is InChI=1S/C24H31N3O3/c1-18(19-6-4-3-5-7-19)15-26-23(25-2)27-16-24(10-12-28-13-11-24)20-8-9-21-22(14-20)30-17-29-21/h3-9,14,18H,10-13,15-17H2,1-2H3,(H2,25,26,27). The number of nitrogens with zero attached hydrogens (tertiary/aromatic N) is 1. The first-order valence-corrected chi connectivity index (χ1v) is 10.7. The van der Waals surface area contributed by atoms with Gasteiger partial charge >= 0.3 is 0 Å². The lowest BCUT2D eigenvalue weighted by Gasteiger charge is -2.38. The van der Waals surface area contributed by atoms with Crippen LogP contribution in [0.2, 0.25) is 0 Å². The van der Waals surface area contributed by atoms with Crippen LogP contribution in [0.4, 0.5) is 0 Å². The van der Waals surface area contributed by atoms with Crippen LogP contribution < -0.4 is 20.1 Å². The molecule has 0 radical (unpaired) electrons. The fourth-order valence-corrected chi connectivity index (χ4v) is 4.18. The lowest BCUT2D eigenvalue weighted by molar-refractivity contribution is 0.0513. The summed E-state index contributed by atoms with van der Waals surface area (Å²) in [6, 6.07) is 16.9. The molecule has 2 heterocycles. The summed E-state index contributed by atoms with van der Waals surface area (Å²) in [7, 11) is 1.82. The van der Waals surface area contributed by atoms with Crippen molar-refractivity contribution in [2.24, 2.45) is 4.99 Å². The molecule has 1 unspecified atom stereocenters. The Balaban J connectivity index is 1.42. The van der Waals surface area contributed by atoms with Gasteiger partial charge in [0.05, 0.1) is 0 Å². The van der Waals surface area contributed by atoms with Crippen molar-refractivity contribution in [1.29, 1.82) is 0 Å². The van der Waals surface area contributed by atoms with E-state index in [-0.39, 0.29) is 5.41 Å². The summed E-state index contributed by atoms with van der Waals surface area (Å²) in [5, 5.41) is 7.04. The van der Waals surface area contributed by atoms with Crippen molar-refractivity contribution in [2.45, 2.75) is 31.1 Å². The van der Waals surface area contributed by atoms with Crippen molar-refractivity contribution < 1.29 is 14.2 Å². The van der Waals surface area contributed by atoms with Crippen LogP contribution in [-0.2, 0) is 10.2 Å². The molecule has 0 spiro atoms. The highest BCUT2D eigenvalue weighted by molar-refractivity contribution is 5.79. The molecule has 1 saturated heterocycles. The van der Waals surface area contributed by atoms with Gasteiger partial charge in [0.15, 0.2) is 17.5 Å². The number of benzene rings is 2. The summed E-state index contributed by atoms with van der Waals surface area (Å²) in [6.45, 7) is 5.64. The Hall–Kier alpha value is -2.73. The zero-order valence-electron chi connectivity index (χ0n) is 17.8. The van der Waals surface area contributed by atoms with Gasteiger partial charge in [-0.05, 0) is 42.0 Å². The second kappa shape index (κ2) is 9.39. The Kier molecular flexibility index (Phi) is 6.43. The average molecular weight is 410 g/mol. The third kappa shape index (κ3) is 4.54. The Labute approximate surface area is 178 Å². The quantitative estimate of drug-likeness (QED) is 0.565. The molecule has 0 amide bonds. The van der Waals surface area contributed by atoms with Crippen molar-refractivity contribution in [3.8, 4) is 11.5 Å². The Morgan fingerprint density at radius 2 is 1.80 bits per heavy atom. The molecular formula is C24H31N3O3. The topological polar surface area (TPSA) is 64.1 Å². The molecule has 0 bridgehead atoms. The van der Waals surface area contributed by atoms with Crippen LogP contribution in [0.15, 0.2) is 53.5 Å². The summed E-state index contributed by atoms with van der Waals surface area (Å²) in [5.74, 6) is 2.87. The lowest BCUT2D eigenvalue weighted by Crippen LogP contribution is -2.48. The third-order valence-corrected chi connectivity index (χ3v) is 6.20. The van der Waals surface area contributed by atoms with E-state index >= 15 is 0 Å². The van der Waals surface area contributed by atoms with Gasteiger partial charge in [-0.3, -0.25) is 4.99 Å². The van der Waals surface area contributed by atoms with Gasteiger partial charge in [0.25, 0.3) is 0 Å². The summed E-state index contributed by atoms with van der Waals surface area (Å²) in [6.07, 6.45) is 1.91. The van der Waals surface area contributed by atoms with E-state index in [4.69, 9.17) is 14.2 Å². The summed E-state index contributed by atoms with van der Waals surface area (Å²) in [5.41, 5.74) is 2.56. The van der Waals surface area contributed by atoms with Crippen LogP contribution in [0.3, 0.4) is 0 Å². The van der Waals surface area contributed by atoms with E-state index in [9.17, 15) is 0 Å². The van der Waals surface area contributed by atoms with Gasteiger partial charge in [0, 0.05) is 38.8 Å². The number of ether oxygens (including phenoxy) is 3. The normalized spacial score (nSPS) is 18.7. The molecular weight excluding hydrogens is 378 g/mol. The number of hydrogen-bond donors (Lipinski definition) is 2. The predicted molar refractivity (Wildman–Crippen MR) is 119 cm³/mol. The van der Waals surface area contributed by atoms with E-state index in [1.54, 1.807) is 0 Å². The second-order valence-corrected chi connectivity index (χ2v) is 8.08. The maximum absolute atomic E-state index is 5.67. The molecule has 160 valence electrons. The van der Waals surface area contributed by atoms with Crippen molar-refractivity contribution in [1.82, 2.24) is 10.6 Å². The van der Waals surface area contributed by atoms with E-state index < -0.39 is 0 Å². The Morgan fingerprint density at radius 3 is 2.57 bits per heavy atom. The van der Waals surface area contributed by atoms with Gasteiger partial charge in [-0.25, -0.2) is 0 Å². The average Bonchev–Trinajstić information content (AvgIpc) is 3.28. The van der Waals surface area contributed by atoms with Crippen LogP contribution in [0.5, 0.6) is 11.5 Å². The van der Waals surface area contributed by atoms with Crippen molar-refractivity contribution in [3.63, 3.8) is 0 Å². The molecule has 2 N–H and O–H groups in total. The van der Waals surface area contributed by atoms with Crippen LogP contribution >= 0.6 is 0 Å². The van der Waals surface area contributed by atoms with E-state index in [1.807, 2.05) is 19.2 Å². The van der Waals surface area contributed by atoms with Gasteiger partial charge in [0.1, 0.15) is 0 Å². The first kappa shape index (κ1) is 20.5. The maximum atomic E-state index is 5.67. The van der Waals surface area contributed by atoms with Gasteiger partial charge in [-0.1, -0.05) is 43.3 Å². The van der Waals surface area contributed by atoms with Crippen molar-refractivity contribution in [2.75, 3.05) is 40.1 Å². The zero-order valence-corrected chi connectivity index (χ0v) is 17.8. The Bertz CT molecular complexity index is 863. The van der Waals surface area contributed by atoms with Gasteiger partial charge in [0.2, 0.25) is 6.79 Å². The molecule has 2 aliphatic rings. The van der Waals surface area contributed by atoms with Crippen LogP contribution in [0.1, 0.15) is 36.8 Å². The molecule has 6 heteroatoms. The molecule has 2 aromatic carbocycles. The van der Waals surface area contributed by atoms with Crippen molar-refractivity contribution >= 4 is 5.96 Å². The molecule has 0 saturated carbocycles. The summed E-state index contributed by atoms with van der Waals surface area (Å²) < 4.78 is 16.8. The summed E-state index contributed by atoms with van der Waals surface area (Å²) in [4.78, 5) is 4.44. The molecule has 30 heavy (non-hydrogen) atoms. The van der Waals surface area contributed by atoms with E-state index in [2.05, 4.69) is 58.9 Å². The zero-order chi connectivity index (χ0) is 20.8. The summed E-state index contributed by atoms with van der Waals surface area (Å²) >= 11 is 0. The SMILES string of the molecule is CN=C(NCC(C)c1ccccc1)NCC1(c2ccc3c(c2)OCO3)CCOCC1. The molecule has 2 aromatic rings. The number of nitrogens with one attached hydrogen (secondary N) is 2. The largest absolute Gasteiger partial charge is 0.454 e. The highest BCUT2D eigenvalue weighted by Crippen LogP contribution is 2.40. The maximum Gasteiger partial charge on any atom is 0.231 e. The third-order valence-electron chi connectivity index (χ3n) is 6.20. The van der Waals surface area contributed by atoms with Gasteiger partial charge in [-0.2, -0.15) is 0 Å². The minimum absolute atomic E-state index is 0.0259. The molecule has 0 aromatic heterocycles. The van der Waals surface area contributed by atoms with Crippen LogP contribution in [0, 0.1) is 0 Å². The Morgan fingerprint density at radius 1 is 1.03 bits per heavy atom. The van der Waals surface area contributed by atoms with E-state index in [0.717, 1.165) is 56.6 Å². The lowest BCUT2D eigenvalue weighted by atomic mass is 9.74. The van der Waals surface area contributed by atoms with Gasteiger partial charge < -0.3 is 24.8 Å². The molecule has 6 nitrogen and oxygen atoms in total. The number of rotatable bonds is 6. The minimum atomic E-state index is -0.0259. The molecule has 1 atom stereocenters. The number of fused-ring (bicyclic) bond motifs is 1. The smallest absolute Gasteiger partial charge is 0.231 e. The van der Waals surface area contributed by atoms with Gasteiger partial charge in [-0.15, -0.1) is 0 Å². The highest BCUT2D eigenvalue weighted by atomic mass is 16.7. The fraction of sp³-hybridized carbons (Fsp3) is 0.458. The van der Waals surface area contributed by atoms with Crippen LogP contribution in [0.25, 0.3) is 0 Å². The highest BCUT2D eigenvalue weighted by Gasteiger charge is 2.35. The molecule has 0 aliphatic carbocycles. The first-order valence-electron chi connectivity index (χ1n) is 10.7. The number of aliphatic imine (C=N–C) groups is 1. The monoisotopic (exact) mass is 409 g/mol. The fourth-order valence-electron chi connectivity index (χ4n) is 4.18. The van der Waals surface area contributed by atoms with Crippen molar-refractivity contribution in [3.05, 3.63) is 59.7 Å². The van der Waals surface area contributed by atoms with E-state index in [0.29, 0.717) is 12.7 Å². The molecule has 2 aliphatic heterocycles. The molecule has 4 rings (SSSR count). The number of guanidine groups is 1. The van der Waals surface area contributed by atoms with E-state index in [1.165, 1.54) is 11.1 Å². The predicted octanol–water partition coefficient (Wildman–Crippen LogP) is 3.43. The second-order valence-electron chi connectivity index (χ2n) is 8.08. The number of hydrogen-bond acceptors (Lipinski definition) is 4.